The lowest BCUT2D eigenvalue weighted by Crippen LogP contribution is -2.19. The van der Waals surface area contributed by atoms with Crippen LogP contribution in [0.15, 0.2) is 52.0 Å². The molecule has 0 radical (unpaired) electrons. The van der Waals surface area contributed by atoms with Gasteiger partial charge in [-0.05, 0) is 11.5 Å². The molecule has 1 aliphatic carbocycles. The van der Waals surface area contributed by atoms with E-state index in [0.29, 0.717) is 30.0 Å². The highest BCUT2D eigenvalue weighted by Gasteiger charge is 2.27. The van der Waals surface area contributed by atoms with Crippen LogP contribution in [-0.4, -0.2) is 28.4 Å². The molecule has 23 heavy (non-hydrogen) atoms. The van der Waals surface area contributed by atoms with Gasteiger partial charge in [0.25, 0.3) is 0 Å². The van der Waals surface area contributed by atoms with E-state index in [1.54, 1.807) is 5.38 Å². The predicted octanol–water partition coefficient (Wildman–Crippen LogP) is 3.62. The number of Topliss-reactive ketones (excluding diaryl/α,β-unsaturated/α-hetero) is 1. The van der Waals surface area contributed by atoms with Crippen molar-refractivity contribution < 1.29 is 14.7 Å². The Morgan fingerprint density at radius 3 is 2.70 bits per heavy atom. The second-order valence-electron chi connectivity index (χ2n) is 5.23. The third-order valence-corrected chi connectivity index (χ3v) is 4.46. The molecule has 0 fully saturated rings. The second kappa shape index (κ2) is 6.66. The van der Waals surface area contributed by atoms with Crippen LogP contribution in [0.1, 0.15) is 34.8 Å². The number of aromatic nitrogens is 1. The summed E-state index contributed by atoms with van der Waals surface area (Å²) in [5, 5.41) is 12.2. The quantitative estimate of drug-likeness (QED) is 0.687. The van der Waals surface area contributed by atoms with Gasteiger partial charge in [0.05, 0.1) is 5.57 Å². The van der Waals surface area contributed by atoms with Crippen molar-refractivity contribution in [2.45, 2.75) is 18.8 Å². The van der Waals surface area contributed by atoms with E-state index in [9.17, 15) is 14.7 Å². The molecule has 6 heteroatoms. The minimum absolute atomic E-state index is 0.0117. The molecule has 0 saturated carbocycles. The third kappa shape index (κ3) is 3.43. The van der Waals surface area contributed by atoms with Gasteiger partial charge in [-0.25, -0.2) is 9.98 Å². The van der Waals surface area contributed by atoms with E-state index >= 15 is 0 Å². The minimum atomic E-state index is -0.140. The van der Waals surface area contributed by atoms with Crippen molar-refractivity contribution in [3.63, 3.8) is 0 Å². The zero-order valence-electron chi connectivity index (χ0n) is 12.2. The number of hydrogen-bond acceptors (Lipinski definition) is 6. The summed E-state index contributed by atoms with van der Waals surface area (Å²) in [5.41, 5.74) is 1.57. The molecule has 3 rings (SSSR count). The molecule has 0 spiro atoms. The molecule has 0 saturated heterocycles. The zero-order chi connectivity index (χ0) is 16.2. The number of carbonyl (C=O) groups is 2. The fourth-order valence-electron chi connectivity index (χ4n) is 2.53. The Labute approximate surface area is 137 Å². The third-order valence-electron chi connectivity index (χ3n) is 3.69. The Balaban J connectivity index is 1.80. The highest BCUT2D eigenvalue weighted by atomic mass is 32.1. The molecule has 0 bridgehead atoms. The lowest BCUT2D eigenvalue weighted by atomic mass is 9.83. The van der Waals surface area contributed by atoms with E-state index in [-0.39, 0.29) is 23.0 Å². The maximum atomic E-state index is 12.3. The molecule has 1 heterocycles. The lowest BCUT2D eigenvalue weighted by Gasteiger charge is -2.22. The van der Waals surface area contributed by atoms with Crippen molar-refractivity contribution in [1.29, 1.82) is 0 Å². The fraction of sp³-hybridized carbons (Fsp3) is 0.176. The summed E-state index contributed by atoms with van der Waals surface area (Å²) in [4.78, 5) is 30.9. The summed E-state index contributed by atoms with van der Waals surface area (Å²) in [6.07, 6.45) is 2.73. The van der Waals surface area contributed by atoms with Crippen LogP contribution in [0, 0.1) is 0 Å². The molecule has 116 valence electrons. The zero-order valence-corrected chi connectivity index (χ0v) is 13.0. The smallest absolute Gasteiger partial charge is 0.209 e. The summed E-state index contributed by atoms with van der Waals surface area (Å²) < 4.78 is 0. The predicted molar refractivity (Wildman–Crippen MR) is 88.7 cm³/mol. The number of nitrogens with zero attached hydrogens (tertiary/aromatic N) is 2. The van der Waals surface area contributed by atoms with E-state index in [1.165, 1.54) is 17.6 Å². The Bertz CT molecular complexity index is 793. The van der Waals surface area contributed by atoms with Crippen LogP contribution in [0.5, 0.6) is 0 Å². The highest BCUT2D eigenvalue weighted by Crippen LogP contribution is 2.33. The van der Waals surface area contributed by atoms with Crippen LogP contribution in [0.25, 0.3) is 0 Å². The topological polar surface area (TPSA) is 79.6 Å². The number of benzene rings is 1. The highest BCUT2D eigenvalue weighted by molar-refractivity contribution is 7.13. The van der Waals surface area contributed by atoms with Crippen molar-refractivity contribution in [2.75, 3.05) is 0 Å². The van der Waals surface area contributed by atoms with E-state index in [0.717, 1.165) is 5.56 Å². The Morgan fingerprint density at radius 1 is 1.26 bits per heavy atom. The maximum absolute atomic E-state index is 12.3. The molecule has 1 aromatic carbocycles. The van der Waals surface area contributed by atoms with Crippen LogP contribution in [-0.2, 0) is 4.79 Å². The van der Waals surface area contributed by atoms with Crippen LogP contribution in [0.2, 0.25) is 0 Å². The van der Waals surface area contributed by atoms with Gasteiger partial charge in [0, 0.05) is 24.4 Å². The monoisotopic (exact) mass is 326 g/mol. The molecule has 1 N–H and O–H groups in total. The number of aliphatic hydroxyl groups is 1. The molecular weight excluding hydrogens is 312 g/mol. The summed E-state index contributed by atoms with van der Waals surface area (Å²) in [6.45, 7) is 0. The molecule has 1 aliphatic rings. The first kappa shape index (κ1) is 15.3. The normalized spacial score (nSPS) is 18.6. The largest absolute Gasteiger partial charge is 0.511 e. The van der Waals surface area contributed by atoms with Gasteiger partial charge in [0.2, 0.25) is 5.13 Å². The van der Waals surface area contributed by atoms with Gasteiger partial charge in [-0.15, -0.1) is 11.3 Å². The maximum Gasteiger partial charge on any atom is 0.209 e. The van der Waals surface area contributed by atoms with Crippen molar-refractivity contribution in [2.24, 2.45) is 4.99 Å². The molecular formula is C17H14N2O3S. The molecule has 1 unspecified atom stereocenters. The van der Waals surface area contributed by atoms with Crippen molar-refractivity contribution in [1.82, 2.24) is 4.98 Å². The van der Waals surface area contributed by atoms with E-state index in [4.69, 9.17) is 0 Å². The number of rotatable bonds is 4. The summed E-state index contributed by atoms with van der Waals surface area (Å²) >= 11 is 1.21. The number of aliphatic imine (C=N–C) groups is 1. The fourth-order valence-corrected chi connectivity index (χ4v) is 3.13. The van der Waals surface area contributed by atoms with Crippen LogP contribution in [0.4, 0.5) is 5.13 Å². The number of aldehydes is 1. The number of allylic oxidation sites excluding steroid dienone is 2. The van der Waals surface area contributed by atoms with Gasteiger partial charge in [0.1, 0.15) is 11.5 Å². The number of ketones is 1. The molecule has 1 atom stereocenters. The van der Waals surface area contributed by atoms with Crippen molar-refractivity contribution >= 4 is 34.8 Å². The molecule has 1 aromatic heterocycles. The molecule has 2 aromatic rings. The van der Waals surface area contributed by atoms with Crippen LogP contribution in [0.3, 0.4) is 0 Å². The number of hydrogen-bond donors (Lipinski definition) is 1. The first-order valence-electron chi connectivity index (χ1n) is 7.12. The Hall–Kier alpha value is -2.60. The van der Waals surface area contributed by atoms with E-state index < -0.39 is 0 Å². The number of aliphatic hydroxyl groups excluding tert-OH is 1. The standard InChI is InChI=1S/C17H14N2O3S/c20-9-13-10-23-17(19-13)18-8-14-15(21)6-12(7-16(14)22)11-4-2-1-3-5-11/h1-5,8-10,12,21H,6-7H2. The van der Waals surface area contributed by atoms with Gasteiger partial charge < -0.3 is 5.11 Å². The first-order chi connectivity index (χ1) is 11.2. The van der Waals surface area contributed by atoms with Crippen molar-refractivity contribution in [3.05, 3.63) is 58.3 Å². The molecule has 0 aliphatic heterocycles. The number of thiazole rings is 1. The molecule has 5 nitrogen and oxygen atoms in total. The summed E-state index contributed by atoms with van der Waals surface area (Å²) in [7, 11) is 0. The average Bonchev–Trinajstić information content (AvgIpc) is 3.03. The van der Waals surface area contributed by atoms with Crippen LogP contribution < -0.4 is 0 Å². The van der Waals surface area contributed by atoms with Gasteiger partial charge in [-0.3, -0.25) is 9.59 Å². The first-order valence-corrected chi connectivity index (χ1v) is 8.00. The van der Waals surface area contributed by atoms with Gasteiger partial charge >= 0.3 is 0 Å². The van der Waals surface area contributed by atoms with Crippen molar-refractivity contribution in [3.8, 4) is 0 Å². The van der Waals surface area contributed by atoms with Gasteiger partial charge in [-0.2, -0.15) is 0 Å². The SMILES string of the molecule is O=Cc1csc(N=CC2=C(O)CC(c3ccccc3)CC2=O)n1. The second-order valence-corrected chi connectivity index (χ2v) is 6.07. The van der Waals surface area contributed by atoms with E-state index in [1.807, 2.05) is 30.3 Å². The van der Waals surface area contributed by atoms with Gasteiger partial charge in [0.15, 0.2) is 12.1 Å². The Kier molecular flexibility index (Phi) is 4.43. The summed E-state index contributed by atoms with van der Waals surface area (Å²) in [6, 6.07) is 9.68. The van der Waals surface area contributed by atoms with Gasteiger partial charge in [-0.1, -0.05) is 30.3 Å². The number of carbonyl (C=O) groups excluding carboxylic acids is 2. The molecule has 0 amide bonds. The van der Waals surface area contributed by atoms with Crippen LogP contribution >= 0.6 is 11.3 Å². The average molecular weight is 326 g/mol. The lowest BCUT2D eigenvalue weighted by molar-refractivity contribution is -0.116. The van der Waals surface area contributed by atoms with E-state index in [2.05, 4.69) is 9.98 Å². The Morgan fingerprint density at radius 2 is 2.04 bits per heavy atom. The summed E-state index contributed by atoms with van der Waals surface area (Å²) in [5.74, 6) is -0.105. The minimum Gasteiger partial charge on any atom is -0.511 e.